The van der Waals surface area contributed by atoms with Gasteiger partial charge in [-0.3, -0.25) is 5.32 Å². The van der Waals surface area contributed by atoms with Crippen LogP contribution in [0, 0.1) is 19.3 Å². The van der Waals surface area contributed by atoms with Crippen LogP contribution in [0.25, 0.3) is 11.0 Å². The van der Waals surface area contributed by atoms with Crippen molar-refractivity contribution < 1.29 is 4.42 Å². The van der Waals surface area contributed by atoms with E-state index in [1.165, 1.54) is 5.56 Å². The predicted molar refractivity (Wildman–Crippen MR) is 70.8 cm³/mol. The quantitative estimate of drug-likeness (QED) is 0.810. The molecule has 0 aliphatic rings. The van der Waals surface area contributed by atoms with Crippen molar-refractivity contribution in [1.82, 2.24) is 5.32 Å². The van der Waals surface area contributed by atoms with Gasteiger partial charge >= 0.3 is 0 Å². The lowest BCUT2D eigenvalue weighted by molar-refractivity contribution is 0.485. The zero-order chi connectivity index (χ0) is 12.3. The predicted octanol–water partition coefficient (Wildman–Crippen LogP) is 3.42. The number of fused-ring (bicyclic) bond motifs is 1. The molecule has 1 atom stereocenters. The van der Waals surface area contributed by atoms with Crippen LogP contribution in [0.3, 0.4) is 0 Å². The van der Waals surface area contributed by atoms with E-state index in [1.807, 2.05) is 18.2 Å². The molecule has 1 aromatic carbocycles. The first-order chi connectivity index (χ1) is 8.24. The Labute approximate surface area is 102 Å². The Morgan fingerprint density at radius 3 is 2.94 bits per heavy atom. The van der Waals surface area contributed by atoms with Gasteiger partial charge in [-0.1, -0.05) is 24.5 Å². The molecule has 2 rings (SSSR count). The molecule has 1 heterocycles. The zero-order valence-electron chi connectivity index (χ0n) is 10.3. The minimum atomic E-state index is -0.136. The molecule has 0 aliphatic carbocycles. The van der Waals surface area contributed by atoms with E-state index in [0.29, 0.717) is 0 Å². The van der Waals surface area contributed by atoms with E-state index in [-0.39, 0.29) is 6.04 Å². The highest BCUT2D eigenvalue weighted by atomic mass is 16.3. The molecule has 2 aromatic rings. The molecule has 0 amide bonds. The van der Waals surface area contributed by atoms with E-state index >= 15 is 0 Å². The van der Waals surface area contributed by atoms with Gasteiger partial charge in [0, 0.05) is 5.39 Å². The molecule has 0 spiro atoms. The summed E-state index contributed by atoms with van der Waals surface area (Å²) in [6.45, 7) is 5.08. The van der Waals surface area contributed by atoms with E-state index in [0.717, 1.165) is 29.7 Å². The van der Waals surface area contributed by atoms with Crippen molar-refractivity contribution in [2.24, 2.45) is 0 Å². The van der Waals surface area contributed by atoms with Gasteiger partial charge in [-0.25, -0.2) is 0 Å². The standard InChI is InChI=1S/C15H17NO/c1-4-8-16-13(5-2)15-10-12-9-11(3)6-7-14(12)17-15/h2,6-7,9-10,13,16H,4,8H2,1,3H3. The van der Waals surface area contributed by atoms with Crippen LogP contribution in [0.15, 0.2) is 28.7 Å². The summed E-state index contributed by atoms with van der Waals surface area (Å²) in [7, 11) is 0. The third-order valence-electron chi connectivity index (χ3n) is 2.74. The number of nitrogens with one attached hydrogen (secondary N) is 1. The number of furan rings is 1. The number of hydrogen-bond donors (Lipinski definition) is 1. The number of hydrogen-bond acceptors (Lipinski definition) is 2. The van der Waals surface area contributed by atoms with E-state index in [4.69, 9.17) is 10.8 Å². The number of rotatable bonds is 4. The molecular weight excluding hydrogens is 210 g/mol. The van der Waals surface area contributed by atoms with Crippen LogP contribution in [-0.4, -0.2) is 6.54 Å². The molecule has 2 nitrogen and oxygen atoms in total. The van der Waals surface area contributed by atoms with E-state index < -0.39 is 0 Å². The molecule has 2 heteroatoms. The number of terminal acetylenes is 1. The fraction of sp³-hybridized carbons (Fsp3) is 0.333. The second-order valence-corrected chi connectivity index (χ2v) is 4.24. The maximum absolute atomic E-state index is 5.77. The Kier molecular flexibility index (Phi) is 3.51. The molecule has 1 aromatic heterocycles. The Morgan fingerprint density at radius 2 is 2.24 bits per heavy atom. The first-order valence-corrected chi connectivity index (χ1v) is 5.94. The second kappa shape index (κ2) is 5.07. The maximum Gasteiger partial charge on any atom is 0.134 e. The number of benzene rings is 1. The molecule has 88 valence electrons. The SMILES string of the molecule is C#CC(NCCC)c1cc2cc(C)ccc2o1. The second-order valence-electron chi connectivity index (χ2n) is 4.24. The molecule has 0 bridgehead atoms. The lowest BCUT2D eigenvalue weighted by Gasteiger charge is -2.08. The summed E-state index contributed by atoms with van der Waals surface area (Å²) in [5.41, 5.74) is 2.12. The Hall–Kier alpha value is -1.72. The van der Waals surface area contributed by atoms with Crippen LogP contribution >= 0.6 is 0 Å². The van der Waals surface area contributed by atoms with Gasteiger partial charge in [-0.05, 0) is 38.1 Å². The van der Waals surface area contributed by atoms with E-state index in [9.17, 15) is 0 Å². The highest BCUT2D eigenvalue weighted by Crippen LogP contribution is 2.24. The van der Waals surface area contributed by atoms with Gasteiger partial charge in [0.2, 0.25) is 0 Å². The van der Waals surface area contributed by atoms with Crippen LogP contribution in [-0.2, 0) is 0 Å². The Morgan fingerprint density at radius 1 is 1.41 bits per heavy atom. The third kappa shape index (κ3) is 2.51. The first-order valence-electron chi connectivity index (χ1n) is 5.94. The molecule has 0 saturated carbocycles. The molecule has 0 aliphatic heterocycles. The van der Waals surface area contributed by atoms with Crippen LogP contribution < -0.4 is 5.32 Å². The van der Waals surface area contributed by atoms with Gasteiger partial charge in [-0.15, -0.1) is 6.42 Å². The summed E-state index contributed by atoms with van der Waals surface area (Å²) >= 11 is 0. The van der Waals surface area contributed by atoms with Gasteiger partial charge in [0.1, 0.15) is 17.4 Å². The average molecular weight is 227 g/mol. The minimum Gasteiger partial charge on any atom is -0.458 e. The highest BCUT2D eigenvalue weighted by Gasteiger charge is 2.12. The largest absolute Gasteiger partial charge is 0.458 e. The molecule has 0 saturated heterocycles. The van der Waals surface area contributed by atoms with Crippen molar-refractivity contribution >= 4 is 11.0 Å². The molecule has 0 radical (unpaired) electrons. The zero-order valence-corrected chi connectivity index (χ0v) is 10.3. The lowest BCUT2D eigenvalue weighted by atomic mass is 10.1. The van der Waals surface area contributed by atoms with E-state index in [1.54, 1.807) is 0 Å². The van der Waals surface area contributed by atoms with Crippen molar-refractivity contribution in [2.75, 3.05) is 6.54 Å². The smallest absolute Gasteiger partial charge is 0.134 e. The highest BCUT2D eigenvalue weighted by molar-refractivity contribution is 5.78. The average Bonchev–Trinajstić information content (AvgIpc) is 2.72. The maximum atomic E-state index is 5.77. The van der Waals surface area contributed by atoms with Crippen molar-refractivity contribution in [1.29, 1.82) is 0 Å². The van der Waals surface area contributed by atoms with Gasteiger partial charge in [0.25, 0.3) is 0 Å². The van der Waals surface area contributed by atoms with Gasteiger partial charge < -0.3 is 4.42 Å². The van der Waals surface area contributed by atoms with E-state index in [2.05, 4.69) is 31.2 Å². The monoisotopic (exact) mass is 227 g/mol. The topological polar surface area (TPSA) is 25.2 Å². The minimum absolute atomic E-state index is 0.136. The number of aryl methyl sites for hydroxylation is 1. The van der Waals surface area contributed by atoms with Gasteiger partial charge in [0.15, 0.2) is 0 Å². The fourth-order valence-corrected chi connectivity index (χ4v) is 1.86. The summed E-state index contributed by atoms with van der Waals surface area (Å²) in [6.07, 6.45) is 6.58. The summed E-state index contributed by atoms with van der Waals surface area (Å²) in [4.78, 5) is 0. The van der Waals surface area contributed by atoms with Crippen LogP contribution in [0.5, 0.6) is 0 Å². The van der Waals surface area contributed by atoms with Crippen LogP contribution in [0.4, 0.5) is 0 Å². The van der Waals surface area contributed by atoms with Crippen molar-refractivity contribution in [3.63, 3.8) is 0 Å². The van der Waals surface area contributed by atoms with Crippen molar-refractivity contribution in [2.45, 2.75) is 26.3 Å². The summed E-state index contributed by atoms with van der Waals surface area (Å²) in [5, 5.41) is 4.39. The van der Waals surface area contributed by atoms with Crippen LogP contribution in [0.1, 0.15) is 30.7 Å². The van der Waals surface area contributed by atoms with Crippen LogP contribution in [0.2, 0.25) is 0 Å². The van der Waals surface area contributed by atoms with Crippen molar-refractivity contribution in [3.8, 4) is 12.3 Å². The molecule has 1 unspecified atom stereocenters. The van der Waals surface area contributed by atoms with Gasteiger partial charge in [0.05, 0.1) is 0 Å². The molecule has 0 fully saturated rings. The fourth-order valence-electron chi connectivity index (χ4n) is 1.86. The molecule has 1 N–H and O–H groups in total. The Bertz CT molecular complexity index is 548. The summed E-state index contributed by atoms with van der Waals surface area (Å²) in [6, 6.07) is 8.02. The first kappa shape index (κ1) is 11.8. The normalized spacial score (nSPS) is 12.5. The third-order valence-corrected chi connectivity index (χ3v) is 2.74. The Balaban J connectivity index is 2.31. The van der Waals surface area contributed by atoms with Gasteiger partial charge in [-0.2, -0.15) is 0 Å². The van der Waals surface area contributed by atoms with Crippen molar-refractivity contribution in [3.05, 3.63) is 35.6 Å². The molecule has 17 heavy (non-hydrogen) atoms. The lowest BCUT2D eigenvalue weighted by Crippen LogP contribution is -2.20. The molecular formula is C15H17NO. The summed E-state index contributed by atoms with van der Waals surface area (Å²) < 4.78 is 5.77. The summed E-state index contributed by atoms with van der Waals surface area (Å²) in [5.74, 6) is 3.54.